The maximum Gasteiger partial charge on any atom is 0.193 e. The molecule has 1 spiro atoms. The summed E-state index contributed by atoms with van der Waals surface area (Å²) < 4.78 is 0. The molecule has 5 heteroatoms. The first-order chi connectivity index (χ1) is 10.3. The maximum atomic E-state index is 4.47. The van der Waals surface area contributed by atoms with Gasteiger partial charge in [-0.25, -0.2) is 0 Å². The first kappa shape index (κ1) is 17.5. The summed E-state index contributed by atoms with van der Waals surface area (Å²) in [7, 11) is 1.89. The van der Waals surface area contributed by atoms with Gasteiger partial charge < -0.3 is 10.2 Å². The van der Waals surface area contributed by atoms with Gasteiger partial charge in [0.05, 0.1) is 0 Å². The molecule has 1 aromatic heterocycles. The van der Waals surface area contributed by atoms with Gasteiger partial charge in [0.1, 0.15) is 0 Å². The van der Waals surface area contributed by atoms with Crippen LogP contribution in [-0.2, 0) is 6.42 Å². The highest BCUT2D eigenvalue weighted by atomic mass is 127. The Bertz CT molecular complexity index is 483. The summed E-state index contributed by atoms with van der Waals surface area (Å²) in [4.78, 5) is 11.3. The fourth-order valence-electron chi connectivity index (χ4n) is 3.83. The molecule has 0 unspecified atom stereocenters. The van der Waals surface area contributed by atoms with Crippen LogP contribution in [0.4, 0.5) is 0 Å². The minimum absolute atomic E-state index is 0. The van der Waals surface area contributed by atoms with E-state index < -0.39 is 0 Å². The van der Waals surface area contributed by atoms with E-state index in [1.165, 1.54) is 38.6 Å². The monoisotopic (exact) mass is 414 g/mol. The molecule has 0 bridgehead atoms. The molecule has 0 aromatic carbocycles. The molecule has 3 rings (SSSR count). The Kier molecular flexibility index (Phi) is 6.47. The average Bonchev–Trinajstić information content (AvgIpc) is 3.15. The zero-order valence-electron chi connectivity index (χ0n) is 13.4. The van der Waals surface area contributed by atoms with Crippen molar-refractivity contribution >= 4 is 29.9 Å². The van der Waals surface area contributed by atoms with Gasteiger partial charge in [-0.15, -0.1) is 24.0 Å². The van der Waals surface area contributed by atoms with Crippen LogP contribution in [0.3, 0.4) is 0 Å². The highest BCUT2D eigenvalue weighted by molar-refractivity contribution is 14.0. The lowest BCUT2D eigenvalue weighted by atomic mass is 9.86. The number of pyridine rings is 1. The molecule has 2 heterocycles. The molecule has 1 saturated carbocycles. The highest BCUT2D eigenvalue weighted by Crippen LogP contribution is 2.45. The number of nitrogens with one attached hydrogen (secondary N) is 1. The molecular weight excluding hydrogens is 387 g/mol. The summed E-state index contributed by atoms with van der Waals surface area (Å²) in [6.45, 7) is 3.24. The molecule has 4 nitrogen and oxygen atoms in total. The van der Waals surface area contributed by atoms with Crippen molar-refractivity contribution in [1.82, 2.24) is 15.2 Å². The van der Waals surface area contributed by atoms with Crippen molar-refractivity contribution in [2.24, 2.45) is 10.4 Å². The molecule has 0 amide bonds. The van der Waals surface area contributed by atoms with Crippen molar-refractivity contribution in [3.05, 3.63) is 30.1 Å². The van der Waals surface area contributed by atoms with Gasteiger partial charge in [-0.1, -0.05) is 18.9 Å². The lowest BCUT2D eigenvalue weighted by molar-refractivity contribution is 0.309. The zero-order valence-corrected chi connectivity index (χ0v) is 15.8. The van der Waals surface area contributed by atoms with Crippen molar-refractivity contribution in [1.29, 1.82) is 0 Å². The minimum atomic E-state index is 0. The molecule has 2 fully saturated rings. The van der Waals surface area contributed by atoms with E-state index >= 15 is 0 Å². The first-order valence-corrected chi connectivity index (χ1v) is 8.17. The third-order valence-electron chi connectivity index (χ3n) is 5.00. The first-order valence-electron chi connectivity index (χ1n) is 8.17. The fourth-order valence-corrected chi connectivity index (χ4v) is 3.83. The summed E-state index contributed by atoms with van der Waals surface area (Å²) in [5.41, 5.74) is 1.73. The molecule has 1 N–H and O–H groups in total. The Hall–Kier alpha value is -0.850. The molecular formula is C17H27IN4. The number of nitrogens with zero attached hydrogens (tertiary/aromatic N) is 3. The maximum absolute atomic E-state index is 4.47. The Morgan fingerprint density at radius 3 is 2.82 bits per heavy atom. The van der Waals surface area contributed by atoms with E-state index in [9.17, 15) is 0 Å². The van der Waals surface area contributed by atoms with Crippen LogP contribution in [0.15, 0.2) is 29.4 Å². The van der Waals surface area contributed by atoms with Crippen molar-refractivity contribution < 1.29 is 0 Å². The van der Waals surface area contributed by atoms with Crippen LogP contribution < -0.4 is 5.32 Å². The van der Waals surface area contributed by atoms with Crippen LogP contribution in [0, 0.1) is 5.41 Å². The molecule has 122 valence electrons. The SMILES string of the molecule is CN=C(NCCc1ccccn1)N1CCC2(CCCC2)C1.I. The van der Waals surface area contributed by atoms with E-state index in [2.05, 4.69) is 26.3 Å². The quantitative estimate of drug-likeness (QED) is 0.470. The minimum Gasteiger partial charge on any atom is -0.356 e. The standard InChI is InChI=1S/C17H26N4.HI/c1-18-16(20-12-7-15-6-2-5-11-19-15)21-13-10-17(14-21)8-3-4-9-17;/h2,5-6,11H,3-4,7-10,12-14H2,1H3,(H,18,20);1H. The number of guanidine groups is 1. The van der Waals surface area contributed by atoms with Gasteiger partial charge in [0.15, 0.2) is 5.96 Å². The highest BCUT2D eigenvalue weighted by Gasteiger charge is 2.40. The predicted molar refractivity (Wildman–Crippen MR) is 102 cm³/mol. The van der Waals surface area contributed by atoms with E-state index in [-0.39, 0.29) is 24.0 Å². The molecule has 1 aliphatic heterocycles. The number of hydrogen-bond acceptors (Lipinski definition) is 2. The molecule has 2 aliphatic rings. The number of aromatic nitrogens is 1. The summed E-state index contributed by atoms with van der Waals surface area (Å²) in [5, 5.41) is 3.50. The van der Waals surface area contributed by atoms with Gasteiger partial charge >= 0.3 is 0 Å². The zero-order chi connectivity index (χ0) is 14.5. The molecule has 0 radical (unpaired) electrons. The molecule has 22 heavy (non-hydrogen) atoms. The largest absolute Gasteiger partial charge is 0.356 e. The van der Waals surface area contributed by atoms with Gasteiger partial charge in [0, 0.05) is 45.0 Å². The molecule has 0 atom stereocenters. The van der Waals surface area contributed by atoms with Crippen molar-refractivity contribution in [3.63, 3.8) is 0 Å². The van der Waals surface area contributed by atoms with Crippen LogP contribution in [-0.4, -0.2) is 42.5 Å². The number of aliphatic imine (C=N–C) groups is 1. The summed E-state index contributed by atoms with van der Waals surface area (Å²) in [6.07, 6.45) is 9.79. The van der Waals surface area contributed by atoms with Gasteiger partial charge in [-0.2, -0.15) is 0 Å². The second kappa shape index (κ2) is 8.13. The third kappa shape index (κ3) is 4.12. The summed E-state index contributed by atoms with van der Waals surface area (Å²) >= 11 is 0. The molecule has 1 saturated heterocycles. The second-order valence-corrected chi connectivity index (χ2v) is 6.42. The van der Waals surface area contributed by atoms with Gasteiger partial charge in [0.2, 0.25) is 0 Å². The lowest BCUT2D eigenvalue weighted by Crippen LogP contribution is -2.41. The molecule has 1 aliphatic carbocycles. The number of hydrogen-bond donors (Lipinski definition) is 1. The normalized spacial score (nSPS) is 20.2. The van der Waals surface area contributed by atoms with E-state index in [4.69, 9.17) is 0 Å². The van der Waals surface area contributed by atoms with Crippen LogP contribution in [0.1, 0.15) is 37.8 Å². The van der Waals surface area contributed by atoms with Gasteiger partial charge in [0.25, 0.3) is 0 Å². The Balaban J connectivity index is 0.00000176. The fraction of sp³-hybridized carbons (Fsp3) is 0.647. The number of halogens is 1. The average molecular weight is 414 g/mol. The predicted octanol–water partition coefficient (Wildman–Crippen LogP) is 3.08. The van der Waals surface area contributed by atoms with Crippen LogP contribution in [0.25, 0.3) is 0 Å². The Morgan fingerprint density at radius 2 is 2.14 bits per heavy atom. The Morgan fingerprint density at radius 1 is 1.32 bits per heavy atom. The summed E-state index contributed by atoms with van der Waals surface area (Å²) in [6, 6.07) is 6.08. The summed E-state index contributed by atoms with van der Waals surface area (Å²) in [5.74, 6) is 1.06. The lowest BCUT2D eigenvalue weighted by Gasteiger charge is -2.25. The van der Waals surface area contributed by atoms with Crippen molar-refractivity contribution in [2.45, 2.75) is 38.5 Å². The number of rotatable bonds is 3. The van der Waals surface area contributed by atoms with Crippen molar-refractivity contribution in [3.8, 4) is 0 Å². The second-order valence-electron chi connectivity index (χ2n) is 6.42. The third-order valence-corrected chi connectivity index (χ3v) is 5.00. The van der Waals surface area contributed by atoms with E-state index in [0.717, 1.165) is 31.2 Å². The van der Waals surface area contributed by atoms with Crippen LogP contribution in [0.2, 0.25) is 0 Å². The van der Waals surface area contributed by atoms with Gasteiger partial charge in [-0.3, -0.25) is 9.98 Å². The Labute approximate surface area is 150 Å². The topological polar surface area (TPSA) is 40.5 Å². The van der Waals surface area contributed by atoms with Crippen LogP contribution >= 0.6 is 24.0 Å². The van der Waals surface area contributed by atoms with Gasteiger partial charge in [-0.05, 0) is 36.8 Å². The van der Waals surface area contributed by atoms with E-state index in [1.54, 1.807) is 0 Å². The number of likely N-dealkylation sites (tertiary alicyclic amines) is 1. The van der Waals surface area contributed by atoms with E-state index in [1.807, 2.05) is 25.4 Å². The van der Waals surface area contributed by atoms with E-state index in [0.29, 0.717) is 5.41 Å². The van der Waals surface area contributed by atoms with Crippen molar-refractivity contribution in [2.75, 3.05) is 26.7 Å². The smallest absolute Gasteiger partial charge is 0.193 e. The molecule has 1 aromatic rings. The van der Waals surface area contributed by atoms with Crippen LogP contribution in [0.5, 0.6) is 0 Å².